The third-order valence-electron chi connectivity index (χ3n) is 4.42. The smallest absolute Gasteiger partial charge is 0.317 e. The summed E-state index contributed by atoms with van der Waals surface area (Å²) in [4.78, 5) is 16.3. The third kappa shape index (κ3) is 4.10. The van der Waals surface area contributed by atoms with E-state index < -0.39 is 0 Å². The summed E-state index contributed by atoms with van der Waals surface area (Å²) in [5, 5.41) is 3.00. The van der Waals surface area contributed by atoms with Crippen molar-refractivity contribution in [3.63, 3.8) is 0 Å². The fraction of sp³-hybridized carbons (Fsp3) is 0.588. The summed E-state index contributed by atoms with van der Waals surface area (Å²) in [6.45, 7) is 6.91. The van der Waals surface area contributed by atoms with E-state index in [0.29, 0.717) is 19.1 Å². The first kappa shape index (κ1) is 16.9. The van der Waals surface area contributed by atoms with Gasteiger partial charge in [-0.15, -0.1) is 0 Å². The molecule has 132 valence electrons. The lowest BCUT2D eigenvalue weighted by atomic mass is 10.2. The normalized spacial score (nSPS) is 18.2. The molecular formula is C17H25N3O4. The van der Waals surface area contributed by atoms with Crippen LogP contribution in [0.5, 0.6) is 11.5 Å². The molecule has 1 unspecified atom stereocenters. The van der Waals surface area contributed by atoms with Crippen molar-refractivity contribution < 1.29 is 19.0 Å². The molecule has 0 saturated carbocycles. The zero-order chi connectivity index (χ0) is 16.9. The number of nitrogens with zero attached hydrogens (tertiary/aromatic N) is 2. The van der Waals surface area contributed by atoms with Crippen LogP contribution in [0.25, 0.3) is 0 Å². The van der Waals surface area contributed by atoms with Crippen LogP contribution in [0.4, 0.5) is 4.79 Å². The maximum absolute atomic E-state index is 12.3. The molecule has 2 heterocycles. The van der Waals surface area contributed by atoms with Crippen molar-refractivity contribution in [3.8, 4) is 11.5 Å². The zero-order valence-electron chi connectivity index (χ0n) is 14.3. The summed E-state index contributed by atoms with van der Waals surface area (Å²) in [6.07, 6.45) is 0. The molecule has 7 heteroatoms. The quantitative estimate of drug-likeness (QED) is 0.878. The largest absolute Gasteiger partial charge is 0.454 e. The summed E-state index contributed by atoms with van der Waals surface area (Å²) in [6, 6.07) is 5.98. The second-order valence-corrected chi connectivity index (χ2v) is 6.23. The SMILES string of the molecule is CC(CNC(=O)N(C)Cc1ccc2c(c1)OCO2)N1CCOCC1. The lowest BCUT2D eigenvalue weighted by molar-refractivity contribution is 0.0207. The summed E-state index contributed by atoms with van der Waals surface area (Å²) in [5.74, 6) is 1.49. The van der Waals surface area contributed by atoms with Crippen molar-refractivity contribution in [1.29, 1.82) is 0 Å². The van der Waals surface area contributed by atoms with Crippen molar-refractivity contribution in [3.05, 3.63) is 23.8 Å². The molecule has 3 rings (SSSR count). The number of morpholine rings is 1. The number of benzene rings is 1. The molecule has 1 aromatic rings. The van der Waals surface area contributed by atoms with Crippen LogP contribution in [-0.4, -0.2) is 68.6 Å². The highest BCUT2D eigenvalue weighted by Gasteiger charge is 2.19. The molecule has 2 aliphatic heterocycles. The number of carbonyl (C=O) groups excluding carboxylic acids is 1. The molecule has 0 aromatic heterocycles. The maximum atomic E-state index is 12.3. The average molecular weight is 335 g/mol. The molecule has 1 atom stereocenters. The van der Waals surface area contributed by atoms with Gasteiger partial charge < -0.3 is 24.4 Å². The predicted molar refractivity (Wildman–Crippen MR) is 89.3 cm³/mol. The van der Waals surface area contributed by atoms with Gasteiger partial charge >= 0.3 is 6.03 Å². The molecule has 2 aliphatic rings. The highest BCUT2D eigenvalue weighted by Crippen LogP contribution is 2.32. The molecule has 1 fully saturated rings. The maximum Gasteiger partial charge on any atom is 0.317 e. The minimum atomic E-state index is -0.0761. The number of ether oxygens (including phenoxy) is 3. The molecule has 2 amide bonds. The molecule has 7 nitrogen and oxygen atoms in total. The number of urea groups is 1. The Morgan fingerprint density at radius 2 is 2.04 bits per heavy atom. The van der Waals surface area contributed by atoms with Gasteiger partial charge in [0.25, 0.3) is 0 Å². The molecule has 1 saturated heterocycles. The Hall–Kier alpha value is -1.99. The highest BCUT2D eigenvalue weighted by molar-refractivity contribution is 5.73. The van der Waals surface area contributed by atoms with Gasteiger partial charge in [0.05, 0.1) is 13.2 Å². The van der Waals surface area contributed by atoms with E-state index in [4.69, 9.17) is 14.2 Å². The van der Waals surface area contributed by atoms with E-state index in [1.807, 2.05) is 18.2 Å². The van der Waals surface area contributed by atoms with E-state index in [-0.39, 0.29) is 12.8 Å². The van der Waals surface area contributed by atoms with Crippen LogP contribution in [0.15, 0.2) is 18.2 Å². The zero-order valence-corrected chi connectivity index (χ0v) is 14.3. The lowest BCUT2D eigenvalue weighted by Gasteiger charge is -2.32. The molecular weight excluding hydrogens is 310 g/mol. The number of nitrogens with one attached hydrogen (secondary N) is 1. The number of amides is 2. The Labute approximate surface area is 142 Å². The minimum absolute atomic E-state index is 0.0761. The van der Waals surface area contributed by atoms with E-state index in [1.54, 1.807) is 11.9 Å². The van der Waals surface area contributed by atoms with E-state index in [9.17, 15) is 4.79 Å². The van der Waals surface area contributed by atoms with E-state index in [2.05, 4.69) is 17.1 Å². The molecule has 0 aliphatic carbocycles. The van der Waals surface area contributed by atoms with Crippen molar-refractivity contribution in [1.82, 2.24) is 15.1 Å². The van der Waals surface area contributed by atoms with Crippen LogP contribution >= 0.6 is 0 Å². The highest BCUT2D eigenvalue weighted by atomic mass is 16.7. The summed E-state index contributed by atoms with van der Waals surface area (Å²) in [5.41, 5.74) is 1.01. The molecule has 0 spiro atoms. The van der Waals surface area contributed by atoms with Crippen LogP contribution in [0.2, 0.25) is 0 Å². The van der Waals surface area contributed by atoms with Gasteiger partial charge in [-0.2, -0.15) is 0 Å². The van der Waals surface area contributed by atoms with Gasteiger partial charge in [0.2, 0.25) is 6.79 Å². The Morgan fingerprint density at radius 3 is 2.83 bits per heavy atom. The van der Waals surface area contributed by atoms with Gasteiger partial charge in [0.1, 0.15) is 0 Å². The Bertz CT molecular complexity index is 575. The van der Waals surface area contributed by atoms with Gasteiger partial charge in [-0.25, -0.2) is 4.79 Å². The first-order valence-corrected chi connectivity index (χ1v) is 8.33. The van der Waals surface area contributed by atoms with Gasteiger partial charge in [-0.3, -0.25) is 4.90 Å². The predicted octanol–water partition coefficient (Wildman–Crippen LogP) is 1.28. The number of carbonyl (C=O) groups is 1. The van der Waals surface area contributed by atoms with Crippen molar-refractivity contribution >= 4 is 6.03 Å². The molecule has 0 bridgehead atoms. The van der Waals surface area contributed by atoms with E-state index in [0.717, 1.165) is 43.4 Å². The summed E-state index contributed by atoms with van der Waals surface area (Å²) < 4.78 is 16.0. The van der Waals surface area contributed by atoms with Crippen molar-refractivity contribution in [2.24, 2.45) is 0 Å². The monoisotopic (exact) mass is 335 g/mol. The molecule has 1 N–H and O–H groups in total. The number of rotatable bonds is 5. The summed E-state index contributed by atoms with van der Waals surface area (Å²) in [7, 11) is 1.79. The van der Waals surface area contributed by atoms with Gasteiger partial charge in [0.15, 0.2) is 11.5 Å². The van der Waals surface area contributed by atoms with Gasteiger partial charge in [0, 0.05) is 39.3 Å². The van der Waals surface area contributed by atoms with Crippen molar-refractivity contribution in [2.45, 2.75) is 19.5 Å². The second kappa shape index (κ2) is 7.72. The van der Waals surface area contributed by atoms with Crippen molar-refractivity contribution in [2.75, 3.05) is 46.7 Å². The van der Waals surface area contributed by atoms with E-state index in [1.165, 1.54) is 0 Å². The van der Waals surface area contributed by atoms with Crippen LogP contribution in [0.1, 0.15) is 12.5 Å². The van der Waals surface area contributed by atoms with Crippen LogP contribution in [-0.2, 0) is 11.3 Å². The minimum Gasteiger partial charge on any atom is -0.454 e. The Morgan fingerprint density at radius 1 is 1.29 bits per heavy atom. The Balaban J connectivity index is 1.46. The van der Waals surface area contributed by atoms with Gasteiger partial charge in [-0.1, -0.05) is 6.07 Å². The summed E-state index contributed by atoms with van der Waals surface area (Å²) >= 11 is 0. The number of hydrogen-bond acceptors (Lipinski definition) is 5. The molecule has 1 aromatic carbocycles. The van der Waals surface area contributed by atoms with Crippen LogP contribution in [0, 0.1) is 0 Å². The molecule has 24 heavy (non-hydrogen) atoms. The first-order chi connectivity index (χ1) is 11.6. The third-order valence-corrected chi connectivity index (χ3v) is 4.42. The first-order valence-electron chi connectivity index (χ1n) is 8.33. The number of hydrogen-bond donors (Lipinski definition) is 1. The van der Waals surface area contributed by atoms with Crippen LogP contribution in [0.3, 0.4) is 0 Å². The fourth-order valence-corrected chi connectivity index (χ4v) is 2.90. The number of fused-ring (bicyclic) bond motifs is 1. The van der Waals surface area contributed by atoms with Crippen LogP contribution < -0.4 is 14.8 Å². The topological polar surface area (TPSA) is 63.3 Å². The fourth-order valence-electron chi connectivity index (χ4n) is 2.90. The Kier molecular flexibility index (Phi) is 5.42. The lowest BCUT2D eigenvalue weighted by Crippen LogP contribution is -2.49. The van der Waals surface area contributed by atoms with E-state index >= 15 is 0 Å². The second-order valence-electron chi connectivity index (χ2n) is 6.23. The standard InChI is InChI=1S/C17H25N3O4/c1-13(20-5-7-22-8-6-20)10-18-17(21)19(2)11-14-3-4-15-16(9-14)24-12-23-15/h3-4,9,13H,5-8,10-12H2,1-2H3,(H,18,21). The average Bonchev–Trinajstić information content (AvgIpc) is 3.07. The molecule has 0 radical (unpaired) electrons. The van der Waals surface area contributed by atoms with Gasteiger partial charge in [-0.05, 0) is 24.6 Å².